The summed E-state index contributed by atoms with van der Waals surface area (Å²) in [6.07, 6.45) is 1.25. The van der Waals surface area contributed by atoms with Crippen LogP contribution in [0.3, 0.4) is 0 Å². The van der Waals surface area contributed by atoms with Crippen LogP contribution in [0.1, 0.15) is 34.9 Å². The minimum absolute atomic E-state index is 0.609. The lowest BCUT2D eigenvalue weighted by Crippen LogP contribution is -2.35. The highest BCUT2D eigenvalue weighted by Gasteiger charge is 2.29. The molecule has 20 heavy (non-hydrogen) atoms. The van der Waals surface area contributed by atoms with Crippen molar-refractivity contribution in [2.45, 2.75) is 25.2 Å². The van der Waals surface area contributed by atoms with Crippen molar-refractivity contribution in [3.63, 3.8) is 0 Å². The second kappa shape index (κ2) is 5.80. The Bertz CT molecular complexity index is 544. The van der Waals surface area contributed by atoms with Crippen LogP contribution in [0.5, 0.6) is 0 Å². The molecule has 1 heteroatoms. The minimum atomic E-state index is 0.609. The molecule has 1 heterocycles. The number of aryl methyl sites for hydroxylation is 1. The van der Waals surface area contributed by atoms with Crippen LogP contribution in [0, 0.1) is 6.92 Å². The molecule has 0 N–H and O–H groups in total. The molecule has 0 aliphatic carbocycles. The van der Waals surface area contributed by atoms with E-state index < -0.39 is 0 Å². The van der Waals surface area contributed by atoms with E-state index in [4.69, 9.17) is 0 Å². The van der Waals surface area contributed by atoms with Crippen LogP contribution in [-0.2, 0) is 0 Å². The van der Waals surface area contributed by atoms with Gasteiger partial charge in [0.15, 0.2) is 0 Å². The quantitative estimate of drug-likeness (QED) is 0.786. The molecule has 1 aliphatic rings. The number of likely N-dealkylation sites (tertiary alicyclic amines) is 1. The number of nitrogens with zero attached hydrogens (tertiary/aromatic N) is 1. The molecule has 0 bridgehead atoms. The molecule has 3 rings (SSSR count). The third-order valence-corrected chi connectivity index (χ3v) is 4.55. The van der Waals surface area contributed by atoms with E-state index in [9.17, 15) is 0 Å². The van der Waals surface area contributed by atoms with Crippen molar-refractivity contribution in [2.75, 3.05) is 20.1 Å². The molecule has 1 fully saturated rings. The lowest BCUT2D eigenvalue weighted by atomic mass is 9.77. The largest absolute Gasteiger partial charge is 0.306 e. The Kier molecular flexibility index (Phi) is 3.88. The maximum absolute atomic E-state index is 2.46. The van der Waals surface area contributed by atoms with E-state index in [0.29, 0.717) is 11.8 Å². The Morgan fingerprint density at radius 2 is 1.50 bits per heavy atom. The summed E-state index contributed by atoms with van der Waals surface area (Å²) in [5.41, 5.74) is 4.32. The van der Waals surface area contributed by atoms with E-state index >= 15 is 0 Å². The van der Waals surface area contributed by atoms with Crippen LogP contribution in [0.2, 0.25) is 0 Å². The molecule has 2 aromatic carbocycles. The molecular formula is C19H23N. The summed E-state index contributed by atoms with van der Waals surface area (Å²) in [5, 5.41) is 0. The van der Waals surface area contributed by atoms with Crippen molar-refractivity contribution in [2.24, 2.45) is 0 Å². The summed E-state index contributed by atoms with van der Waals surface area (Å²) >= 11 is 0. The van der Waals surface area contributed by atoms with Crippen molar-refractivity contribution in [1.29, 1.82) is 0 Å². The number of piperidine rings is 1. The summed E-state index contributed by atoms with van der Waals surface area (Å²) in [7, 11) is 2.24. The van der Waals surface area contributed by atoms with E-state index in [1.807, 2.05) is 0 Å². The molecule has 1 saturated heterocycles. The lowest BCUT2D eigenvalue weighted by Gasteiger charge is -2.37. The third kappa shape index (κ3) is 2.78. The van der Waals surface area contributed by atoms with Crippen LogP contribution in [0.4, 0.5) is 0 Å². The first kappa shape index (κ1) is 13.4. The first-order valence-electron chi connectivity index (χ1n) is 7.54. The van der Waals surface area contributed by atoms with Crippen molar-refractivity contribution in [3.8, 4) is 0 Å². The van der Waals surface area contributed by atoms with Gasteiger partial charge in [0, 0.05) is 12.5 Å². The second-order valence-electron chi connectivity index (χ2n) is 6.09. The van der Waals surface area contributed by atoms with E-state index in [1.165, 1.54) is 29.7 Å². The van der Waals surface area contributed by atoms with Gasteiger partial charge in [-0.2, -0.15) is 0 Å². The number of hydrogen-bond donors (Lipinski definition) is 0. The maximum Gasteiger partial charge on any atom is 0.00531 e. The lowest BCUT2D eigenvalue weighted by molar-refractivity contribution is 0.227. The average Bonchev–Trinajstić information content (AvgIpc) is 2.49. The zero-order chi connectivity index (χ0) is 13.9. The topological polar surface area (TPSA) is 3.24 Å². The highest BCUT2D eigenvalue weighted by atomic mass is 15.1. The SMILES string of the molecule is Cc1ccc([C@@H]2CCN(C)C[C@H]2c2ccccc2)cc1. The zero-order valence-corrected chi connectivity index (χ0v) is 12.4. The fraction of sp³-hybridized carbons (Fsp3) is 0.368. The highest BCUT2D eigenvalue weighted by molar-refractivity contribution is 5.31. The Labute approximate surface area is 122 Å². The summed E-state index contributed by atoms with van der Waals surface area (Å²) in [6.45, 7) is 4.51. The van der Waals surface area contributed by atoms with Gasteiger partial charge in [-0.3, -0.25) is 0 Å². The molecule has 0 amide bonds. The van der Waals surface area contributed by atoms with Crippen LogP contribution in [0.25, 0.3) is 0 Å². The van der Waals surface area contributed by atoms with Gasteiger partial charge in [-0.25, -0.2) is 0 Å². The molecule has 104 valence electrons. The smallest absolute Gasteiger partial charge is 0.00531 e. The van der Waals surface area contributed by atoms with Gasteiger partial charge in [0.1, 0.15) is 0 Å². The number of rotatable bonds is 2. The molecular weight excluding hydrogens is 242 g/mol. The fourth-order valence-electron chi connectivity index (χ4n) is 3.37. The second-order valence-corrected chi connectivity index (χ2v) is 6.09. The fourth-order valence-corrected chi connectivity index (χ4v) is 3.37. The summed E-state index contributed by atoms with van der Waals surface area (Å²) in [5.74, 6) is 1.26. The minimum Gasteiger partial charge on any atom is -0.306 e. The van der Waals surface area contributed by atoms with E-state index in [1.54, 1.807) is 0 Å². The Balaban J connectivity index is 1.92. The summed E-state index contributed by atoms with van der Waals surface area (Å²) < 4.78 is 0. The van der Waals surface area contributed by atoms with Gasteiger partial charge < -0.3 is 4.90 Å². The van der Waals surface area contributed by atoms with Crippen molar-refractivity contribution >= 4 is 0 Å². The van der Waals surface area contributed by atoms with Crippen LogP contribution in [0.15, 0.2) is 54.6 Å². The average molecular weight is 265 g/mol. The number of likely N-dealkylation sites (N-methyl/N-ethyl adjacent to an activating group) is 1. The van der Waals surface area contributed by atoms with Crippen molar-refractivity contribution < 1.29 is 0 Å². The molecule has 1 nitrogen and oxygen atoms in total. The Hall–Kier alpha value is -1.60. The van der Waals surface area contributed by atoms with Crippen molar-refractivity contribution in [1.82, 2.24) is 4.90 Å². The monoisotopic (exact) mass is 265 g/mol. The summed E-state index contributed by atoms with van der Waals surface area (Å²) in [6, 6.07) is 20.1. The van der Waals surface area contributed by atoms with E-state index in [-0.39, 0.29) is 0 Å². The Morgan fingerprint density at radius 3 is 2.20 bits per heavy atom. The zero-order valence-electron chi connectivity index (χ0n) is 12.4. The van der Waals surface area contributed by atoms with E-state index in [0.717, 1.165) is 6.54 Å². The van der Waals surface area contributed by atoms with Gasteiger partial charge >= 0.3 is 0 Å². The molecule has 0 radical (unpaired) electrons. The maximum atomic E-state index is 2.46. The van der Waals surface area contributed by atoms with Crippen LogP contribution >= 0.6 is 0 Å². The Morgan fingerprint density at radius 1 is 0.850 bits per heavy atom. The van der Waals surface area contributed by atoms with Crippen LogP contribution < -0.4 is 0 Å². The molecule has 1 aliphatic heterocycles. The van der Waals surface area contributed by atoms with Gasteiger partial charge in [-0.05, 0) is 44.0 Å². The number of hydrogen-bond acceptors (Lipinski definition) is 1. The van der Waals surface area contributed by atoms with Crippen molar-refractivity contribution in [3.05, 3.63) is 71.3 Å². The predicted octanol–water partition coefficient (Wildman–Crippen LogP) is 4.20. The molecule has 0 aromatic heterocycles. The first-order chi connectivity index (χ1) is 9.74. The van der Waals surface area contributed by atoms with Gasteiger partial charge in [0.25, 0.3) is 0 Å². The van der Waals surface area contributed by atoms with Gasteiger partial charge in [-0.1, -0.05) is 60.2 Å². The normalized spacial score (nSPS) is 23.7. The molecule has 0 spiro atoms. The van der Waals surface area contributed by atoms with Gasteiger partial charge in [0.2, 0.25) is 0 Å². The van der Waals surface area contributed by atoms with E-state index in [2.05, 4.69) is 73.5 Å². The summed E-state index contributed by atoms with van der Waals surface area (Å²) in [4.78, 5) is 2.46. The van der Waals surface area contributed by atoms with Crippen LogP contribution in [-0.4, -0.2) is 25.0 Å². The molecule has 0 unspecified atom stereocenters. The predicted molar refractivity (Wildman–Crippen MR) is 85.2 cm³/mol. The highest BCUT2D eigenvalue weighted by Crippen LogP contribution is 2.39. The van der Waals surface area contributed by atoms with Gasteiger partial charge in [-0.15, -0.1) is 0 Å². The molecule has 2 aromatic rings. The van der Waals surface area contributed by atoms with Gasteiger partial charge in [0.05, 0.1) is 0 Å². The number of benzene rings is 2. The molecule has 2 atom stereocenters. The molecule has 0 saturated carbocycles. The first-order valence-corrected chi connectivity index (χ1v) is 7.54. The third-order valence-electron chi connectivity index (χ3n) is 4.55. The standard InChI is InChI=1S/C19H23N/c1-15-8-10-17(11-9-15)18-12-13-20(2)14-19(18)16-6-4-3-5-7-16/h3-11,18-19H,12-14H2,1-2H3/t18-,19-/m0/s1.